The Balaban J connectivity index is 2.01. The van der Waals surface area contributed by atoms with Crippen LogP contribution in [0.4, 0.5) is 16.2 Å². The van der Waals surface area contributed by atoms with Crippen LogP contribution in [0.3, 0.4) is 0 Å². The molecule has 0 aromatic heterocycles. The van der Waals surface area contributed by atoms with Gasteiger partial charge in [-0.2, -0.15) is 8.42 Å². The molecule has 0 radical (unpaired) electrons. The SMILES string of the molecule is C=COS(=O)(=O)ON(C(=O)O)c1cc(N(C)C)c2c(c1O)C(O)=C1C(=O)C3(O)C(O)=C(C(N)=O)C(=O)C(N(C)C)C3CC1C2. The van der Waals surface area contributed by atoms with E-state index in [0.29, 0.717) is 6.26 Å². The number of ketones is 2. The number of aliphatic hydroxyl groups is 3. The van der Waals surface area contributed by atoms with Gasteiger partial charge in [0, 0.05) is 31.3 Å². The third-order valence-corrected chi connectivity index (χ3v) is 8.61. The molecule has 0 bridgehead atoms. The monoisotopic (exact) mass is 638 g/mol. The topological polar surface area (TPSA) is 258 Å². The van der Waals surface area contributed by atoms with Gasteiger partial charge in [0.05, 0.1) is 11.6 Å². The number of phenols is 1. The van der Waals surface area contributed by atoms with E-state index in [1.807, 2.05) is 0 Å². The van der Waals surface area contributed by atoms with Gasteiger partial charge in [-0.05, 0) is 44.5 Å². The Morgan fingerprint density at radius 1 is 1.14 bits per heavy atom. The van der Waals surface area contributed by atoms with Crippen molar-refractivity contribution in [2.75, 3.05) is 38.2 Å². The van der Waals surface area contributed by atoms with Gasteiger partial charge in [0.25, 0.3) is 5.91 Å². The normalized spacial score (nSPS) is 24.8. The van der Waals surface area contributed by atoms with Gasteiger partial charge in [-0.25, -0.2) is 4.79 Å². The molecule has 4 unspecified atom stereocenters. The van der Waals surface area contributed by atoms with Crippen LogP contribution in [0.25, 0.3) is 5.76 Å². The third-order valence-electron chi connectivity index (χ3n) is 7.90. The maximum Gasteiger partial charge on any atom is 0.470 e. The van der Waals surface area contributed by atoms with Crippen LogP contribution in [-0.4, -0.2) is 102 Å². The number of likely N-dealkylation sites (N-methyl/N-ethyl adjacent to an activating group) is 1. The van der Waals surface area contributed by atoms with Crippen molar-refractivity contribution in [2.24, 2.45) is 17.6 Å². The second-order valence-corrected chi connectivity index (χ2v) is 12.0. The van der Waals surface area contributed by atoms with Crippen molar-refractivity contribution >= 4 is 51.1 Å². The maximum atomic E-state index is 14.0. The number of phenolic OH excluding ortho intramolecular Hbond substituents is 1. The second kappa shape index (κ2) is 10.8. The van der Waals surface area contributed by atoms with Crippen molar-refractivity contribution in [1.29, 1.82) is 0 Å². The number of amides is 2. The minimum atomic E-state index is -5.05. The van der Waals surface area contributed by atoms with Crippen molar-refractivity contribution in [1.82, 2.24) is 4.90 Å². The van der Waals surface area contributed by atoms with E-state index in [4.69, 9.17) is 5.73 Å². The van der Waals surface area contributed by atoms with E-state index >= 15 is 0 Å². The van der Waals surface area contributed by atoms with Crippen LogP contribution in [0.15, 0.2) is 35.8 Å². The molecule has 2 amide bonds. The molecule has 238 valence electrons. The molecular weight excluding hydrogens is 608 g/mol. The lowest BCUT2D eigenvalue weighted by Crippen LogP contribution is -2.65. The Labute approximate surface area is 250 Å². The van der Waals surface area contributed by atoms with Crippen molar-refractivity contribution in [3.63, 3.8) is 0 Å². The number of carbonyl (C=O) groups excluding carboxylic acids is 3. The number of carbonyl (C=O) groups is 4. The Kier molecular flexibility index (Phi) is 7.93. The van der Waals surface area contributed by atoms with Crippen LogP contribution in [-0.2, 0) is 39.7 Å². The summed E-state index contributed by atoms with van der Waals surface area (Å²) in [7, 11) is 0.927. The van der Waals surface area contributed by atoms with Gasteiger partial charge < -0.3 is 40.3 Å². The number of nitrogens with two attached hydrogens (primary N) is 1. The first-order valence-corrected chi connectivity index (χ1v) is 14.1. The zero-order valence-electron chi connectivity index (χ0n) is 23.8. The zero-order chi connectivity index (χ0) is 33.2. The van der Waals surface area contributed by atoms with E-state index < -0.39 is 97.1 Å². The van der Waals surface area contributed by atoms with Gasteiger partial charge in [-0.1, -0.05) is 6.58 Å². The van der Waals surface area contributed by atoms with Crippen LogP contribution >= 0.6 is 0 Å². The zero-order valence-corrected chi connectivity index (χ0v) is 24.7. The maximum absolute atomic E-state index is 14.0. The minimum absolute atomic E-state index is 0.109. The molecule has 1 aromatic rings. The number of hydrogen-bond donors (Lipinski definition) is 6. The first-order valence-electron chi connectivity index (χ1n) is 12.8. The van der Waals surface area contributed by atoms with Crippen molar-refractivity contribution in [3.05, 3.63) is 46.9 Å². The Morgan fingerprint density at radius 2 is 1.75 bits per heavy atom. The largest absolute Gasteiger partial charge is 0.508 e. The van der Waals surface area contributed by atoms with Crippen LogP contribution < -0.4 is 15.7 Å². The summed E-state index contributed by atoms with van der Waals surface area (Å²) in [5.41, 5.74) is -0.0194. The number of fused-ring (bicyclic) bond motifs is 3. The van der Waals surface area contributed by atoms with E-state index in [1.165, 1.54) is 38.0 Å². The lowest BCUT2D eigenvalue weighted by atomic mass is 9.57. The number of rotatable bonds is 8. The second-order valence-electron chi connectivity index (χ2n) is 10.8. The minimum Gasteiger partial charge on any atom is -0.508 e. The lowest BCUT2D eigenvalue weighted by Gasteiger charge is -2.50. The van der Waals surface area contributed by atoms with E-state index in [2.05, 4.69) is 15.0 Å². The Morgan fingerprint density at radius 3 is 2.25 bits per heavy atom. The predicted molar refractivity (Wildman–Crippen MR) is 150 cm³/mol. The van der Waals surface area contributed by atoms with Crippen molar-refractivity contribution in [2.45, 2.75) is 24.5 Å². The molecule has 44 heavy (non-hydrogen) atoms. The van der Waals surface area contributed by atoms with Gasteiger partial charge in [0.15, 0.2) is 17.1 Å². The fourth-order valence-electron chi connectivity index (χ4n) is 6.20. The van der Waals surface area contributed by atoms with Crippen molar-refractivity contribution in [3.8, 4) is 5.75 Å². The predicted octanol–water partition coefficient (Wildman–Crippen LogP) is -0.149. The van der Waals surface area contributed by atoms with E-state index in [9.17, 15) is 53.1 Å². The molecule has 4 rings (SSSR count). The first kappa shape index (κ1) is 32.3. The Bertz CT molecular complexity index is 1680. The number of anilines is 2. The number of aromatic hydroxyl groups is 1. The molecule has 1 saturated carbocycles. The number of benzene rings is 1. The summed E-state index contributed by atoms with van der Waals surface area (Å²) < 4.78 is 32.8. The number of carboxylic acid groups (broad SMARTS) is 1. The molecule has 17 nitrogen and oxygen atoms in total. The highest BCUT2D eigenvalue weighted by Crippen LogP contribution is 2.55. The molecule has 7 N–H and O–H groups in total. The van der Waals surface area contributed by atoms with Gasteiger partial charge in [-0.15, -0.1) is 9.35 Å². The number of Topliss-reactive ketones (excluding diaryl/α,β-unsaturated/α-hetero) is 2. The van der Waals surface area contributed by atoms with E-state index in [-0.39, 0.29) is 29.2 Å². The number of aliphatic hydroxyl groups excluding tert-OH is 2. The number of hydroxylamine groups is 1. The summed E-state index contributed by atoms with van der Waals surface area (Å²) in [5, 5.41) is 54.9. The first-order chi connectivity index (χ1) is 20.3. The average Bonchev–Trinajstić information content (AvgIpc) is 2.89. The molecule has 18 heteroatoms. The molecule has 1 aromatic carbocycles. The molecule has 1 fully saturated rings. The van der Waals surface area contributed by atoms with Crippen LogP contribution in [0.1, 0.15) is 17.5 Å². The number of primary amides is 1. The molecule has 0 heterocycles. The lowest BCUT2D eigenvalue weighted by molar-refractivity contribution is -0.153. The number of hydrogen-bond acceptors (Lipinski definition) is 14. The molecule has 4 atom stereocenters. The van der Waals surface area contributed by atoms with Crippen LogP contribution in [0.5, 0.6) is 5.75 Å². The molecular formula is C26H30N4O13S. The molecule has 0 aliphatic heterocycles. The van der Waals surface area contributed by atoms with Crippen LogP contribution in [0.2, 0.25) is 0 Å². The van der Waals surface area contributed by atoms with Crippen LogP contribution in [0, 0.1) is 11.8 Å². The van der Waals surface area contributed by atoms with Gasteiger partial charge in [-0.3, -0.25) is 19.3 Å². The fraction of sp³-hybridized carbons (Fsp3) is 0.385. The molecule has 3 aliphatic carbocycles. The molecule has 0 spiro atoms. The summed E-state index contributed by atoms with van der Waals surface area (Å²) in [6.45, 7) is 3.05. The number of nitrogens with zero attached hydrogens (tertiary/aromatic N) is 3. The molecule has 0 saturated heterocycles. The summed E-state index contributed by atoms with van der Waals surface area (Å²) in [6.07, 6.45) is -1.88. The van der Waals surface area contributed by atoms with Gasteiger partial charge in [0.2, 0.25) is 5.78 Å². The Hall–Kier alpha value is -4.65. The van der Waals surface area contributed by atoms with Gasteiger partial charge in [0.1, 0.15) is 29.0 Å². The van der Waals surface area contributed by atoms with E-state index in [1.54, 1.807) is 0 Å². The smallest absolute Gasteiger partial charge is 0.470 e. The highest BCUT2D eigenvalue weighted by molar-refractivity contribution is 7.82. The highest BCUT2D eigenvalue weighted by Gasteiger charge is 2.64. The van der Waals surface area contributed by atoms with Crippen molar-refractivity contribution < 1.29 is 61.6 Å². The third kappa shape index (κ3) is 4.71. The van der Waals surface area contributed by atoms with Gasteiger partial charge >= 0.3 is 16.5 Å². The summed E-state index contributed by atoms with van der Waals surface area (Å²) in [6, 6.07) is -0.219. The standard InChI is InChI=1S/C26H30N4O13S/c1-6-42-44(40,41)43-30(25(37)38)14-9-13(28(2)3)11-7-10-8-12-18(29(4)5)21(33)17(24(27)36)23(35)26(12,39)22(34)15(10)20(32)16(11)19(14)31/h6,9-10,12,18,31-32,35,39H,1,7-8H2,2-5H3,(H2,27,36)(H,37,38). The summed E-state index contributed by atoms with van der Waals surface area (Å²) in [5.74, 6) is -9.04. The fourth-order valence-corrected chi connectivity index (χ4v) is 6.73. The van der Waals surface area contributed by atoms with E-state index in [0.717, 1.165) is 6.07 Å². The summed E-state index contributed by atoms with van der Waals surface area (Å²) in [4.78, 5) is 54.3. The quantitative estimate of drug-likeness (QED) is 0.123. The molecule has 3 aliphatic rings. The average molecular weight is 639 g/mol. The summed E-state index contributed by atoms with van der Waals surface area (Å²) >= 11 is 0. The highest BCUT2D eigenvalue weighted by atomic mass is 32.3.